The van der Waals surface area contributed by atoms with Crippen LogP contribution in [0.2, 0.25) is 0 Å². The smallest absolute Gasteiger partial charge is 0.309 e. The van der Waals surface area contributed by atoms with Crippen molar-refractivity contribution in [2.45, 2.75) is 25.4 Å². The van der Waals surface area contributed by atoms with Gasteiger partial charge in [-0.3, -0.25) is 4.79 Å². The molecule has 1 saturated carbocycles. The van der Waals surface area contributed by atoms with E-state index >= 15 is 0 Å². The van der Waals surface area contributed by atoms with Crippen molar-refractivity contribution < 1.29 is 19.4 Å². The number of carboxylic acid groups (broad SMARTS) is 1. The summed E-state index contributed by atoms with van der Waals surface area (Å²) in [6.45, 7) is 0. The van der Waals surface area contributed by atoms with E-state index in [0.717, 1.165) is 6.42 Å². The zero-order chi connectivity index (χ0) is 9.84. The third-order valence-electron chi connectivity index (χ3n) is 2.37. The van der Waals surface area contributed by atoms with Crippen molar-refractivity contribution in [3.8, 4) is 0 Å². The van der Waals surface area contributed by atoms with E-state index in [9.17, 15) is 9.59 Å². The van der Waals surface area contributed by atoms with Gasteiger partial charge in [0.15, 0.2) is 0 Å². The number of hydrogen-bond donors (Lipinski definition) is 1. The summed E-state index contributed by atoms with van der Waals surface area (Å²) in [5.41, 5.74) is 0.446. The molecule has 13 heavy (non-hydrogen) atoms. The highest BCUT2D eigenvalue weighted by molar-refractivity contribution is 5.73. The predicted molar refractivity (Wildman–Crippen MR) is 45.0 cm³/mol. The van der Waals surface area contributed by atoms with Gasteiger partial charge in [0, 0.05) is 12.7 Å². The molecule has 0 spiro atoms. The van der Waals surface area contributed by atoms with Crippen molar-refractivity contribution >= 4 is 11.9 Å². The monoisotopic (exact) mass is 184 g/mol. The van der Waals surface area contributed by atoms with Crippen LogP contribution in [-0.4, -0.2) is 30.2 Å². The maximum Gasteiger partial charge on any atom is 0.309 e. The molecule has 0 aromatic heterocycles. The molecule has 0 aliphatic heterocycles. The minimum absolute atomic E-state index is 0.446. The van der Waals surface area contributed by atoms with Crippen LogP contribution in [0.25, 0.3) is 0 Å². The standard InChI is InChI=1S/C9H12O4/c1-13-8-6(5-10)3-2-4-7(8)9(11)12/h7-8H,2-4H2,1H3,(H,11,12)/t7-,8+/m1/s1. The molecule has 0 aromatic carbocycles. The Morgan fingerprint density at radius 2 is 2.38 bits per heavy atom. The third kappa shape index (κ3) is 1.97. The van der Waals surface area contributed by atoms with Crippen LogP contribution in [0.4, 0.5) is 0 Å². The number of carbonyl (C=O) groups excluding carboxylic acids is 1. The van der Waals surface area contributed by atoms with Gasteiger partial charge in [-0.05, 0) is 19.3 Å². The molecule has 0 bridgehead atoms. The number of hydrogen-bond acceptors (Lipinski definition) is 3. The number of carboxylic acids is 1. The molecule has 2 atom stereocenters. The van der Waals surface area contributed by atoms with Gasteiger partial charge in [0.25, 0.3) is 0 Å². The third-order valence-corrected chi connectivity index (χ3v) is 2.37. The van der Waals surface area contributed by atoms with Gasteiger partial charge in [-0.25, -0.2) is 4.79 Å². The predicted octanol–water partition coefficient (Wildman–Crippen LogP) is 0.644. The summed E-state index contributed by atoms with van der Waals surface area (Å²) < 4.78 is 4.99. The van der Waals surface area contributed by atoms with Crippen LogP contribution >= 0.6 is 0 Å². The van der Waals surface area contributed by atoms with Gasteiger partial charge in [0.05, 0.1) is 5.92 Å². The first-order valence-corrected chi connectivity index (χ1v) is 4.20. The van der Waals surface area contributed by atoms with E-state index in [-0.39, 0.29) is 0 Å². The lowest BCUT2D eigenvalue weighted by Crippen LogP contribution is -2.34. The summed E-state index contributed by atoms with van der Waals surface area (Å²) in [6.07, 6.45) is 1.32. The van der Waals surface area contributed by atoms with Crippen LogP contribution in [0.15, 0.2) is 5.57 Å². The summed E-state index contributed by atoms with van der Waals surface area (Å²) in [4.78, 5) is 21.2. The SMILES string of the molecule is CO[C@H]1C(=C=O)CCC[C@H]1C(=O)O. The van der Waals surface area contributed by atoms with Gasteiger partial charge in [-0.2, -0.15) is 0 Å². The minimum Gasteiger partial charge on any atom is -0.481 e. The molecule has 72 valence electrons. The molecule has 0 unspecified atom stereocenters. The van der Waals surface area contributed by atoms with Crippen molar-refractivity contribution in [2.24, 2.45) is 5.92 Å². The maximum atomic E-state index is 10.8. The molecule has 0 aromatic rings. The van der Waals surface area contributed by atoms with Gasteiger partial charge in [-0.15, -0.1) is 0 Å². The summed E-state index contributed by atoms with van der Waals surface area (Å²) in [5.74, 6) is 0.277. The van der Waals surface area contributed by atoms with Crippen molar-refractivity contribution in [3.05, 3.63) is 5.57 Å². The Morgan fingerprint density at radius 1 is 1.69 bits per heavy atom. The molecule has 1 fully saturated rings. The molecular weight excluding hydrogens is 172 g/mol. The van der Waals surface area contributed by atoms with Gasteiger partial charge in [0.1, 0.15) is 12.0 Å². The quantitative estimate of drug-likeness (QED) is 0.640. The topological polar surface area (TPSA) is 63.6 Å². The number of ether oxygens (including phenoxy) is 1. The van der Waals surface area contributed by atoms with Crippen molar-refractivity contribution in [1.82, 2.24) is 0 Å². The lowest BCUT2D eigenvalue weighted by atomic mass is 9.83. The van der Waals surface area contributed by atoms with Crippen LogP contribution in [-0.2, 0) is 14.3 Å². The van der Waals surface area contributed by atoms with Gasteiger partial charge >= 0.3 is 5.97 Å². The number of methoxy groups -OCH3 is 1. The maximum absolute atomic E-state index is 10.8. The van der Waals surface area contributed by atoms with E-state index in [1.807, 2.05) is 0 Å². The number of aliphatic carboxylic acids is 1. The molecule has 4 heteroatoms. The molecule has 0 saturated heterocycles. The Bertz CT molecular complexity index is 252. The second-order valence-electron chi connectivity index (χ2n) is 3.12. The van der Waals surface area contributed by atoms with Crippen LogP contribution in [0.3, 0.4) is 0 Å². The summed E-state index contributed by atoms with van der Waals surface area (Å²) in [5, 5.41) is 8.83. The lowest BCUT2D eigenvalue weighted by molar-refractivity contribution is -0.146. The van der Waals surface area contributed by atoms with Crippen LogP contribution in [0.1, 0.15) is 19.3 Å². The van der Waals surface area contributed by atoms with Gasteiger partial charge in [0.2, 0.25) is 0 Å². The van der Waals surface area contributed by atoms with E-state index < -0.39 is 18.0 Å². The van der Waals surface area contributed by atoms with Crippen LogP contribution in [0, 0.1) is 5.92 Å². The molecule has 0 radical (unpaired) electrons. The molecule has 1 aliphatic carbocycles. The van der Waals surface area contributed by atoms with E-state index in [1.54, 1.807) is 5.94 Å². The molecule has 1 N–H and O–H groups in total. The summed E-state index contributed by atoms with van der Waals surface area (Å²) in [7, 11) is 1.42. The first-order chi connectivity index (χ1) is 6.20. The Hall–Kier alpha value is -1.12. The van der Waals surface area contributed by atoms with Gasteiger partial charge in [-0.1, -0.05) is 0 Å². The van der Waals surface area contributed by atoms with Crippen LogP contribution < -0.4 is 0 Å². The van der Waals surface area contributed by atoms with Crippen molar-refractivity contribution in [3.63, 3.8) is 0 Å². The van der Waals surface area contributed by atoms with Gasteiger partial charge < -0.3 is 9.84 Å². The zero-order valence-electron chi connectivity index (χ0n) is 7.45. The highest BCUT2D eigenvalue weighted by atomic mass is 16.5. The summed E-state index contributed by atoms with van der Waals surface area (Å²) >= 11 is 0. The molecule has 0 heterocycles. The minimum atomic E-state index is -0.903. The first kappa shape index (κ1) is 9.96. The highest BCUT2D eigenvalue weighted by Crippen LogP contribution is 2.29. The van der Waals surface area contributed by atoms with E-state index in [2.05, 4.69) is 0 Å². The van der Waals surface area contributed by atoms with Crippen molar-refractivity contribution in [2.75, 3.05) is 7.11 Å². The van der Waals surface area contributed by atoms with E-state index in [4.69, 9.17) is 9.84 Å². The summed E-state index contributed by atoms with van der Waals surface area (Å²) in [6, 6.07) is 0. The molecule has 4 nitrogen and oxygen atoms in total. The normalized spacial score (nSPS) is 28.2. The van der Waals surface area contributed by atoms with E-state index in [1.165, 1.54) is 7.11 Å². The average Bonchev–Trinajstić information content (AvgIpc) is 2.16. The Balaban J connectivity index is 2.85. The Morgan fingerprint density at radius 3 is 2.85 bits per heavy atom. The zero-order valence-corrected chi connectivity index (χ0v) is 7.45. The molecule has 1 aliphatic rings. The first-order valence-electron chi connectivity index (χ1n) is 4.20. The van der Waals surface area contributed by atoms with Crippen LogP contribution in [0.5, 0.6) is 0 Å². The number of carbonyl (C=O) groups is 1. The molecule has 0 amide bonds. The molecule has 1 rings (SSSR count). The Kier molecular flexibility index (Phi) is 3.23. The van der Waals surface area contributed by atoms with E-state index in [0.29, 0.717) is 18.4 Å². The fraction of sp³-hybridized carbons (Fsp3) is 0.667. The highest BCUT2D eigenvalue weighted by Gasteiger charge is 2.34. The second kappa shape index (κ2) is 4.21. The fourth-order valence-electron chi connectivity index (χ4n) is 1.72. The lowest BCUT2D eigenvalue weighted by Gasteiger charge is -2.27. The molecular formula is C9H12O4. The Labute approximate surface area is 76.2 Å². The average molecular weight is 184 g/mol. The van der Waals surface area contributed by atoms with Crippen molar-refractivity contribution in [1.29, 1.82) is 0 Å². The second-order valence-corrected chi connectivity index (χ2v) is 3.12. The largest absolute Gasteiger partial charge is 0.481 e. The fourth-order valence-corrected chi connectivity index (χ4v) is 1.72. The number of rotatable bonds is 2.